The van der Waals surface area contributed by atoms with Gasteiger partial charge in [0.05, 0.1) is 12.3 Å². The molecular formula is C8H20NO3P. The predicted octanol–water partition coefficient (Wildman–Crippen LogP) is 0.622. The molecule has 0 aliphatic heterocycles. The maximum atomic E-state index is 11.4. The minimum atomic E-state index is -3.15. The van der Waals surface area contributed by atoms with Gasteiger partial charge in [-0.2, -0.15) is 0 Å². The van der Waals surface area contributed by atoms with E-state index in [2.05, 4.69) is 0 Å². The van der Waals surface area contributed by atoms with Crippen LogP contribution in [0.15, 0.2) is 0 Å². The molecule has 0 amide bonds. The molecule has 4 N–H and O–H groups in total. The summed E-state index contributed by atoms with van der Waals surface area (Å²) < 4.78 is 11.4. The summed E-state index contributed by atoms with van der Waals surface area (Å²) in [6, 6.07) is 0. The van der Waals surface area contributed by atoms with Crippen molar-refractivity contribution in [3.8, 4) is 0 Å². The number of aliphatic hydroxyl groups excluding tert-OH is 1. The van der Waals surface area contributed by atoms with Crippen LogP contribution in [0.2, 0.25) is 0 Å². The number of hydrogen-bond donors (Lipinski definition) is 3. The van der Waals surface area contributed by atoms with Crippen LogP contribution in [-0.4, -0.2) is 35.0 Å². The van der Waals surface area contributed by atoms with Crippen LogP contribution in [0.4, 0.5) is 0 Å². The van der Waals surface area contributed by atoms with Crippen LogP contribution in [0, 0.1) is 5.92 Å². The number of aliphatic hydroxyl groups is 1. The molecular weight excluding hydrogens is 189 g/mol. The molecule has 0 aromatic heterocycles. The molecule has 0 spiro atoms. The fourth-order valence-corrected chi connectivity index (χ4v) is 2.80. The first-order valence-electron chi connectivity index (χ1n) is 4.58. The molecule has 0 fully saturated rings. The van der Waals surface area contributed by atoms with Crippen molar-refractivity contribution in [2.75, 3.05) is 18.9 Å². The zero-order valence-electron chi connectivity index (χ0n) is 8.31. The quantitative estimate of drug-likeness (QED) is 0.560. The summed E-state index contributed by atoms with van der Waals surface area (Å²) in [6.07, 6.45) is 0.0601. The lowest BCUT2D eigenvalue weighted by Crippen LogP contribution is -2.20. The SMILES string of the molecule is CC(C)C(O)CP(=O)(O)CCCN. The lowest BCUT2D eigenvalue weighted by molar-refractivity contribution is 0.144. The highest BCUT2D eigenvalue weighted by Crippen LogP contribution is 2.42. The van der Waals surface area contributed by atoms with Crippen LogP contribution in [0.25, 0.3) is 0 Å². The second-order valence-electron chi connectivity index (χ2n) is 3.71. The molecule has 2 unspecified atom stereocenters. The summed E-state index contributed by atoms with van der Waals surface area (Å²) in [5, 5.41) is 9.40. The topological polar surface area (TPSA) is 83.5 Å². The van der Waals surface area contributed by atoms with Crippen LogP contribution >= 0.6 is 7.37 Å². The molecule has 5 heteroatoms. The second-order valence-corrected chi connectivity index (χ2v) is 6.21. The average molecular weight is 209 g/mol. The minimum absolute atomic E-state index is 0.00926. The van der Waals surface area contributed by atoms with Crippen LogP contribution in [0.5, 0.6) is 0 Å². The van der Waals surface area contributed by atoms with Gasteiger partial charge in [0, 0.05) is 6.16 Å². The number of rotatable bonds is 6. The Kier molecular flexibility index (Phi) is 5.81. The maximum Gasteiger partial charge on any atom is 0.203 e. The van der Waals surface area contributed by atoms with Crippen molar-refractivity contribution in [1.29, 1.82) is 0 Å². The van der Waals surface area contributed by atoms with Gasteiger partial charge in [-0.25, -0.2) is 0 Å². The summed E-state index contributed by atoms with van der Waals surface area (Å²) in [6.45, 7) is 4.07. The van der Waals surface area contributed by atoms with E-state index < -0.39 is 13.5 Å². The third-order valence-electron chi connectivity index (χ3n) is 1.95. The Morgan fingerprint density at radius 2 is 2.00 bits per heavy atom. The molecule has 0 heterocycles. The number of nitrogens with two attached hydrogens (primary N) is 1. The van der Waals surface area contributed by atoms with E-state index in [0.29, 0.717) is 13.0 Å². The van der Waals surface area contributed by atoms with Crippen molar-refractivity contribution in [3.05, 3.63) is 0 Å². The van der Waals surface area contributed by atoms with Gasteiger partial charge in [-0.15, -0.1) is 0 Å². The lowest BCUT2D eigenvalue weighted by atomic mass is 10.1. The van der Waals surface area contributed by atoms with E-state index in [1.165, 1.54) is 0 Å². The molecule has 0 aliphatic carbocycles. The zero-order valence-corrected chi connectivity index (χ0v) is 9.20. The Morgan fingerprint density at radius 1 is 1.46 bits per heavy atom. The zero-order chi connectivity index (χ0) is 10.5. The molecule has 4 nitrogen and oxygen atoms in total. The minimum Gasteiger partial charge on any atom is -0.392 e. The van der Waals surface area contributed by atoms with Crippen LogP contribution in [-0.2, 0) is 4.57 Å². The Hall–Kier alpha value is 0.110. The van der Waals surface area contributed by atoms with E-state index in [-0.39, 0.29) is 18.2 Å². The van der Waals surface area contributed by atoms with Gasteiger partial charge >= 0.3 is 0 Å². The van der Waals surface area contributed by atoms with E-state index in [0.717, 1.165) is 0 Å². The molecule has 0 saturated heterocycles. The van der Waals surface area contributed by atoms with Gasteiger partial charge in [0.15, 0.2) is 0 Å². The van der Waals surface area contributed by atoms with Crippen LogP contribution in [0.1, 0.15) is 20.3 Å². The maximum absolute atomic E-state index is 11.4. The summed E-state index contributed by atoms with van der Waals surface area (Å²) >= 11 is 0. The second kappa shape index (κ2) is 5.76. The highest BCUT2D eigenvalue weighted by atomic mass is 31.2. The largest absolute Gasteiger partial charge is 0.392 e. The van der Waals surface area contributed by atoms with Gasteiger partial charge in [-0.1, -0.05) is 13.8 Å². The first kappa shape index (κ1) is 13.1. The van der Waals surface area contributed by atoms with Crippen molar-refractivity contribution in [1.82, 2.24) is 0 Å². The Bertz CT molecular complexity index is 184. The third kappa shape index (κ3) is 6.22. The fourth-order valence-electron chi connectivity index (χ4n) is 0.933. The van der Waals surface area contributed by atoms with Gasteiger partial charge in [0.2, 0.25) is 7.37 Å². The van der Waals surface area contributed by atoms with Crippen molar-refractivity contribution in [2.45, 2.75) is 26.4 Å². The Labute approximate surface area is 79.6 Å². The van der Waals surface area contributed by atoms with Crippen molar-refractivity contribution in [2.24, 2.45) is 11.7 Å². The standard InChI is InChI=1S/C8H20NO3P/c1-7(2)8(10)6-13(11,12)5-3-4-9/h7-8,10H,3-6,9H2,1-2H3,(H,11,12). The lowest BCUT2D eigenvalue weighted by Gasteiger charge is -2.18. The molecule has 0 saturated carbocycles. The predicted molar refractivity (Wildman–Crippen MR) is 54.1 cm³/mol. The first-order chi connectivity index (χ1) is 5.89. The van der Waals surface area contributed by atoms with Crippen LogP contribution in [0.3, 0.4) is 0 Å². The molecule has 2 atom stereocenters. The monoisotopic (exact) mass is 209 g/mol. The summed E-state index contributed by atoms with van der Waals surface area (Å²) in [5.41, 5.74) is 5.23. The smallest absolute Gasteiger partial charge is 0.203 e. The van der Waals surface area contributed by atoms with E-state index in [4.69, 9.17) is 5.73 Å². The van der Waals surface area contributed by atoms with Gasteiger partial charge in [0.25, 0.3) is 0 Å². The summed E-state index contributed by atoms with van der Waals surface area (Å²) in [5.74, 6) is 0.0263. The third-order valence-corrected chi connectivity index (χ3v) is 3.91. The van der Waals surface area contributed by atoms with Gasteiger partial charge in [0.1, 0.15) is 0 Å². The van der Waals surface area contributed by atoms with Crippen LogP contribution < -0.4 is 5.73 Å². The molecule has 0 aliphatic rings. The highest BCUT2D eigenvalue weighted by Gasteiger charge is 2.23. The van der Waals surface area contributed by atoms with Gasteiger partial charge in [-0.05, 0) is 18.9 Å². The van der Waals surface area contributed by atoms with Gasteiger partial charge in [-0.3, -0.25) is 4.57 Å². The van der Waals surface area contributed by atoms with E-state index in [1.54, 1.807) is 0 Å². The average Bonchev–Trinajstić information content (AvgIpc) is 2.00. The van der Waals surface area contributed by atoms with E-state index in [9.17, 15) is 14.6 Å². The van der Waals surface area contributed by atoms with Gasteiger partial charge < -0.3 is 15.7 Å². The van der Waals surface area contributed by atoms with E-state index >= 15 is 0 Å². The molecule has 0 bridgehead atoms. The molecule has 80 valence electrons. The normalized spacial score (nSPS) is 18.6. The molecule has 0 radical (unpaired) electrons. The van der Waals surface area contributed by atoms with Crippen molar-refractivity contribution >= 4 is 7.37 Å². The summed E-state index contributed by atoms with van der Waals surface area (Å²) in [7, 11) is -3.15. The first-order valence-corrected chi connectivity index (χ1v) is 6.61. The molecule has 0 aromatic rings. The van der Waals surface area contributed by atoms with E-state index in [1.807, 2.05) is 13.8 Å². The molecule has 13 heavy (non-hydrogen) atoms. The Morgan fingerprint density at radius 3 is 2.38 bits per heavy atom. The molecule has 0 rings (SSSR count). The summed E-state index contributed by atoms with van der Waals surface area (Å²) in [4.78, 5) is 9.40. The highest BCUT2D eigenvalue weighted by molar-refractivity contribution is 7.58. The Balaban J connectivity index is 3.94. The number of hydrogen-bond acceptors (Lipinski definition) is 3. The molecule has 0 aromatic carbocycles. The van der Waals surface area contributed by atoms with Crippen molar-refractivity contribution in [3.63, 3.8) is 0 Å². The fraction of sp³-hybridized carbons (Fsp3) is 1.00. The van der Waals surface area contributed by atoms with Crippen molar-refractivity contribution < 1.29 is 14.6 Å².